The minimum Gasteiger partial charge on any atom is -0.324 e. The highest BCUT2D eigenvalue weighted by atomic mass is 35.5. The molecule has 1 aromatic heterocycles. The zero-order chi connectivity index (χ0) is 14.2. The smallest absolute Gasteiger partial charge is 0.324 e. The highest BCUT2D eigenvalue weighted by molar-refractivity contribution is 6.32. The van der Waals surface area contributed by atoms with E-state index in [1.54, 1.807) is 25.1 Å². The van der Waals surface area contributed by atoms with Crippen molar-refractivity contribution >= 4 is 11.6 Å². The SMILES string of the molecule is C[C@H](N)c1ccc(-n2cc(C(F)(F)F)cn2)c(Cl)c1. The summed E-state index contributed by atoms with van der Waals surface area (Å²) in [5.41, 5.74) is 6.06. The van der Waals surface area contributed by atoms with Crippen LogP contribution in [0.1, 0.15) is 24.1 Å². The van der Waals surface area contributed by atoms with Gasteiger partial charge in [-0.3, -0.25) is 0 Å². The van der Waals surface area contributed by atoms with Crippen LogP contribution in [0.3, 0.4) is 0 Å². The second-order valence-electron chi connectivity index (χ2n) is 4.17. The summed E-state index contributed by atoms with van der Waals surface area (Å²) < 4.78 is 38.5. The average molecular weight is 290 g/mol. The van der Waals surface area contributed by atoms with Gasteiger partial charge in [0.1, 0.15) is 0 Å². The van der Waals surface area contributed by atoms with E-state index in [-0.39, 0.29) is 6.04 Å². The number of halogens is 4. The molecule has 0 saturated heterocycles. The summed E-state index contributed by atoms with van der Waals surface area (Å²) >= 11 is 6.03. The molecule has 0 radical (unpaired) electrons. The van der Waals surface area contributed by atoms with Gasteiger partial charge in [-0.15, -0.1) is 0 Å². The predicted octanol–water partition coefficient (Wildman–Crippen LogP) is 3.56. The van der Waals surface area contributed by atoms with Gasteiger partial charge in [-0.25, -0.2) is 4.68 Å². The first kappa shape index (κ1) is 13.9. The Balaban J connectivity index is 2.40. The molecule has 7 heteroatoms. The first-order valence-corrected chi connectivity index (χ1v) is 5.84. The van der Waals surface area contributed by atoms with Crippen molar-refractivity contribution in [3.05, 3.63) is 46.7 Å². The second-order valence-corrected chi connectivity index (χ2v) is 4.58. The lowest BCUT2D eigenvalue weighted by Gasteiger charge is -2.09. The van der Waals surface area contributed by atoms with Gasteiger partial charge in [0.25, 0.3) is 0 Å². The minimum atomic E-state index is -4.42. The van der Waals surface area contributed by atoms with Crippen LogP contribution in [0.2, 0.25) is 5.02 Å². The van der Waals surface area contributed by atoms with E-state index in [0.29, 0.717) is 10.7 Å². The van der Waals surface area contributed by atoms with Crippen LogP contribution in [-0.2, 0) is 6.18 Å². The Morgan fingerprint density at radius 1 is 1.37 bits per heavy atom. The van der Waals surface area contributed by atoms with Crippen molar-refractivity contribution in [1.82, 2.24) is 9.78 Å². The molecule has 0 aliphatic carbocycles. The van der Waals surface area contributed by atoms with Gasteiger partial charge in [-0.05, 0) is 24.6 Å². The van der Waals surface area contributed by atoms with Gasteiger partial charge < -0.3 is 5.73 Å². The maximum absolute atomic E-state index is 12.5. The van der Waals surface area contributed by atoms with Crippen LogP contribution in [0.25, 0.3) is 5.69 Å². The van der Waals surface area contributed by atoms with Gasteiger partial charge >= 0.3 is 6.18 Å². The van der Waals surface area contributed by atoms with Crippen molar-refractivity contribution in [2.75, 3.05) is 0 Å². The quantitative estimate of drug-likeness (QED) is 0.918. The maximum Gasteiger partial charge on any atom is 0.419 e. The Kier molecular flexibility index (Phi) is 3.56. The zero-order valence-electron chi connectivity index (χ0n) is 9.95. The van der Waals surface area contributed by atoms with Gasteiger partial charge in [0.05, 0.1) is 22.5 Å². The topological polar surface area (TPSA) is 43.8 Å². The lowest BCUT2D eigenvalue weighted by atomic mass is 10.1. The summed E-state index contributed by atoms with van der Waals surface area (Å²) in [4.78, 5) is 0. The molecule has 0 aliphatic rings. The van der Waals surface area contributed by atoms with Crippen molar-refractivity contribution in [3.8, 4) is 5.69 Å². The Hall–Kier alpha value is -1.53. The van der Waals surface area contributed by atoms with Gasteiger partial charge in [-0.1, -0.05) is 17.7 Å². The molecule has 1 atom stereocenters. The first-order chi connectivity index (χ1) is 8.79. The van der Waals surface area contributed by atoms with Crippen molar-refractivity contribution < 1.29 is 13.2 Å². The molecule has 3 nitrogen and oxygen atoms in total. The van der Waals surface area contributed by atoms with Crippen LogP contribution in [0.15, 0.2) is 30.6 Å². The summed E-state index contributed by atoms with van der Waals surface area (Å²) in [5.74, 6) is 0. The molecule has 102 valence electrons. The highest BCUT2D eigenvalue weighted by Crippen LogP contribution is 2.30. The molecule has 2 N–H and O–H groups in total. The number of nitrogens with two attached hydrogens (primary N) is 1. The Bertz CT molecular complexity index is 590. The van der Waals surface area contributed by atoms with Crippen molar-refractivity contribution in [1.29, 1.82) is 0 Å². The van der Waals surface area contributed by atoms with Crippen LogP contribution in [0, 0.1) is 0 Å². The summed E-state index contributed by atoms with van der Waals surface area (Å²) in [5, 5.41) is 3.97. The molecular weight excluding hydrogens is 279 g/mol. The van der Waals surface area contributed by atoms with E-state index in [9.17, 15) is 13.2 Å². The van der Waals surface area contributed by atoms with Gasteiger partial charge in [0, 0.05) is 12.2 Å². The summed E-state index contributed by atoms with van der Waals surface area (Å²) in [6, 6.07) is 4.72. The van der Waals surface area contributed by atoms with Crippen molar-refractivity contribution in [3.63, 3.8) is 0 Å². The highest BCUT2D eigenvalue weighted by Gasteiger charge is 2.32. The molecule has 0 unspecified atom stereocenters. The van der Waals surface area contributed by atoms with Crippen LogP contribution in [0.5, 0.6) is 0 Å². The molecular formula is C12H11ClF3N3. The third-order valence-corrected chi connectivity index (χ3v) is 2.96. The number of aromatic nitrogens is 2. The number of hydrogen-bond acceptors (Lipinski definition) is 2. The van der Waals surface area contributed by atoms with Crippen LogP contribution < -0.4 is 5.73 Å². The van der Waals surface area contributed by atoms with E-state index in [0.717, 1.165) is 22.6 Å². The molecule has 0 spiro atoms. The normalized spacial score (nSPS) is 13.6. The first-order valence-electron chi connectivity index (χ1n) is 5.46. The molecule has 0 bridgehead atoms. The fraction of sp³-hybridized carbons (Fsp3) is 0.250. The maximum atomic E-state index is 12.5. The van der Waals surface area contributed by atoms with Crippen LogP contribution in [-0.4, -0.2) is 9.78 Å². The van der Waals surface area contributed by atoms with Gasteiger partial charge in [-0.2, -0.15) is 18.3 Å². The Morgan fingerprint density at radius 2 is 2.05 bits per heavy atom. The summed E-state index contributed by atoms with van der Waals surface area (Å²) in [6.45, 7) is 1.79. The molecule has 1 aromatic carbocycles. The number of nitrogens with zero attached hydrogens (tertiary/aromatic N) is 2. The zero-order valence-corrected chi connectivity index (χ0v) is 10.7. The lowest BCUT2D eigenvalue weighted by Crippen LogP contribution is -2.06. The molecule has 19 heavy (non-hydrogen) atoms. The number of benzene rings is 1. The van der Waals surface area contributed by atoms with Crippen LogP contribution >= 0.6 is 11.6 Å². The average Bonchev–Trinajstić information content (AvgIpc) is 2.77. The summed E-state index contributed by atoms with van der Waals surface area (Å²) in [7, 11) is 0. The van der Waals surface area contributed by atoms with E-state index in [1.165, 1.54) is 0 Å². The molecule has 0 fully saturated rings. The van der Waals surface area contributed by atoms with Gasteiger partial charge in [0.15, 0.2) is 0 Å². The van der Waals surface area contributed by atoms with Crippen molar-refractivity contribution in [2.45, 2.75) is 19.1 Å². The standard InChI is InChI=1S/C12H11ClF3N3/c1-7(17)8-2-3-11(10(13)4-8)19-6-9(5-18-19)12(14,15)16/h2-7H,17H2,1H3/t7-/m0/s1. The van der Waals surface area contributed by atoms with E-state index in [1.807, 2.05) is 0 Å². The fourth-order valence-corrected chi connectivity index (χ4v) is 1.87. The largest absolute Gasteiger partial charge is 0.419 e. The van der Waals surface area contributed by atoms with E-state index in [2.05, 4.69) is 5.10 Å². The predicted molar refractivity (Wildman–Crippen MR) is 66.2 cm³/mol. The van der Waals surface area contributed by atoms with E-state index >= 15 is 0 Å². The Morgan fingerprint density at radius 3 is 2.53 bits per heavy atom. The summed E-state index contributed by atoms with van der Waals surface area (Å²) in [6.07, 6.45) is -2.76. The van der Waals surface area contributed by atoms with Gasteiger partial charge in [0.2, 0.25) is 0 Å². The van der Waals surface area contributed by atoms with E-state index < -0.39 is 11.7 Å². The molecule has 0 aliphatic heterocycles. The number of alkyl halides is 3. The molecule has 2 aromatic rings. The third-order valence-electron chi connectivity index (χ3n) is 2.65. The molecule has 0 saturated carbocycles. The Labute approximate surface area is 112 Å². The molecule has 2 rings (SSSR count). The lowest BCUT2D eigenvalue weighted by molar-refractivity contribution is -0.137. The second kappa shape index (κ2) is 4.86. The molecule has 0 amide bonds. The van der Waals surface area contributed by atoms with Crippen LogP contribution in [0.4, 0.5) is 13.2 Å². The van der Waals surface area contributed by atoms with Crippen molar-refractivity contribution in [2.24, 2.45) is 5.73 Å². The monoisotopic (exact) mass is 289 g/mol. The number of rotatable bonds is 2. The molecule has 1 heterocycles. The number of hydrogen-bond donors (Lipinski definition) is 1. The fourth-order valence-electron chi connectivity index (χ4n) is 1.59. The van der Waals surface area contributed by atoms with E-state index in [4.69, 9.17) is 17.3 Å². The third kappa shape index (κ3) is 2.90. The minimum absolute atomic E-state index is 0.199.